The van der Waals surface area contributed by atoms with Gasteiger partial charge in [0.05, 0.1) is 12.1 Å². The Kier molecular flexibility index (Phi) is 3.73. The van der Waals surface area contributed by atoms with Gasteiger partial charge in [0, 0.05) is 38.8 Å². The van der Waals surface area contributed by atoms with Gasteiger partial charge in [0.25, 0.3) is 0 Å². The molecular weight excluding hydrogens is 261 g/mol. The summed E-state index contributed by atoms with van der Waals surface area (Å²) in [7, 11) is 0. The molecule has 1 saturated heterocycles. The summed E-state index contributed by atoms with van der Waals surface area (Å²) in [6.45, 7) is 2.77. The maximum absolute atomic E-state index is 12.1. The summed E-state index contributed by atoms with van der Waals surface area (Å²) in [4.78, 5) is 18.6. The van der Waals surface area contributed by atoms with Gasteiger partial charge in [-0.25, -0.2) is 0 Å². The quantitative estimate of drug-likeness (QED) is 0.778. The highest BCUT2D eigenvalue weighted by atomic mass is 19.4. The van der Waals surface area contributed by atoms with Crippen molar-refractivity contribution >= 4 is 11.6 Å². The Balaban J connectivity index is 1.79. The molecule has 0 N–H and O–H groups in total. The molecule has 1 amide bonds. The first-order chi connectivity index (χ1) is 8.80. The smallest absolute Gasteiger partial charge is 0.389 e. The largest absolute Gasteiger partial charge is 0.389 e. The average molecular weight is 278 g/mol. The number of alkyl halides is 3. The van der Waals surface area contributed by atoms with Crippen molar-refractivity contribution in [2.24, 2.45) is 5.16 Å². The van der Waals surface area contributed by atoms with E-state index in [1.165, 1.54) is 4.90 Å². The van der Waals surface area contributed by atoms with Crippen LogP contribution in [0, 0.1) is 0 Å². The van der Waals surface area contributed by atoms with E-state index >= 15 is 0 Å². The lowest BCUT2D eigenvalue weighted by Crippen LogP contribution is -2.46. The number of rotatable bonds is 2. The van der Waals surface area contributed by atoms with E-state index in [-0.39, 0.29) is 5.60 Å². The number of piperidine rings is 1. The molecular formula is C12H17F3N2O2. The Bertz CT molecular complexity index is 385. The average Bonchev–Trinajstić information content (AvgIpc) is 2.68. The SMILES string of the molecule is CC1=NOC2(CCN(C(=O)CCC(F)(F)F)CC2)C1. The molecule has 0 aromatic rings. The Hall–Kier alpha value is -1.27. The Morgan fingerprint density at radius 2 is 2.05 bits per heavy atom. The number of amides is 1. The molecule has 4 nitrogen and oxygen atoms in total. The van der Waals surface area contributed by atoms with Crippen molar-refractivity contribution in [2.75, 3.05) is 13.1 Å². The molecule has 0 radical (unpaired) electrons. The van der Waals surface area contributed by atoms with Crippen LogP contribution in [0.25, 0.3) is 0 Å². The third-order valence-corrected chi connectivity index (χ3v) is 3.62. The van der Waals surface area contributed by atoms with Crippen LogP contribution in [0.15, 0.2) is 5.16 Å². The van der Waals surface area contributed by atoms with E-state index < -0.39 is 24.9 Å². The van der Waals surface area contributed by atoms with Gasteiger partial charge >= 0.3 is 6.18 Å². The fourth-order valence-electron chi connectivity index (χ4n) is 2.54. The zero-order valence-electron chi connectivity index (χ0n) is 10.8. The van der Waals surface area contributed by atoms with Crippen LogP contribution in [-0.4, -0.2) is 41.4 Å². The topological polar surface area (TPSA) is 41.9 Å². The molecule has 2 aliphatic rings. The van der Waals surface area contributed by atoms with Crippen molar-refractivity contribution in [3.63, 3.8) is 0 Å². The lowest BCUT2D eigenvalue weighted by molar-refractivity contribution is -0.152. The number of likely N-dealkylation sites (tertiary alicyclic amines) is 1. The summed E-state index contributed by atoms with van der Waals surface area (Å²) in [5.74, 6) is -0.428. The van der Waals surface area contributed by atoms with Crippen molar-refractivity contribution in [3.05, 3.63) is 0 Å². The van der Waals surface area contributed by atoms with Crippen LogP contribution >= 0.6 is 0 Å². The maximum Gasteiger partial charge on any atom is 0.389 e. The zero-order valence-corrected chi connectivity index (χ0v) is 10.8. The number of carbonyl (C=O) groups is 1. The molecule has 0 aromatic carbocycles. The number of carbonyl (C=O) groups excluding carboxylic acids is 1. The van der Waals surface area contributed by atoms with Crippen LogP contribution in [-0.2, 0) is 9.63 Å². The third-order valence-electron chi connectivity index (χ3n) is 3.62. The summed E-state index contributed by atoms with van der Waals surface area (Å²) in [5, 5.41) is 3.92. The van der Waals surface area contributed by atoms with Crippen molar-refractivity contribution in [1.29, 1.82) is 0 Å². The van der Waals surface area contributed by atoms with Gasteiger partial charge in [-0.15, -0.1) is 0 Å². The first-order valence-electron chi connectivity index (χ1n) is 6.36. The highest BCUT2D eigenvalue weighted by Crippen LogP contribution is 2.34. The van der Waals surface area contributed by atoms with Crippen LogP contribution in [0.5, 0.6) is 0 Å². The lowest BCUT2D eigenvalue weighted by atomic mass is 9.87. The van der Waals surface area contributed by atoms with Crippen LogP contribution in [0.2, 0.25) is 0 Å². The van der Waals surface area contributed by atoms with Crippen molar-refractivity contribution in [2.45, 2.75) is 50.8 Å². The number of hydrogen-bond donors (Lipinski definition) is 0. The van der Waals surface area contributed by atoms with E-state index in [4.69, 9.17) is 4.84 Å². The van der Waals surface area contributed by atoms with Gasteiger partial charge in [0.1, 0.15) is 5.60 Å². The number of hydrogen-bond acceptors (Lipinski definition) is 3. The second kappa shape index (κ2) is 5.02. The molecule has 108 valence electrons. The van der Waals surface area contributed by atoms with Gasteiger partial charge < -0.3 is 9.74 Å². The molecule has 2 aliphatic heterocycles. The normalized spacial score (nSPS) is 22.3. The minimum atomic E-state index is -4.27. The molecule has 0 atom stereocenters. The Labute approximate surface area is 109 Å². The van der Waals surface area contributed by atoms with Crippen LogP contribution in [0.3, 0.4) is 0 Å². The predicted octanol–water partition coefficient (Wildman–Crippen LogP) is 2.49. The number of nitrogens with zero attached hydrogens (tertiary/aromatic N) is 2. The van der Waals surface area contributed by atoms with E-state index in [1.807, 2.05) is 6.92 Å². The first-order valence-corrected chi connectivity index (χ1v) is 6.36. The van der Waals surface area contributed by atoms with Gasteiger partial charge in [-0.1, -0.05) is 5.16 Å². The molecule has 7 heteroatoms. The number of halogens is 3. The van der Waals surface area contributed by atoms with Crippen LogP contribution in [0.4, 0.5) is 13.2 Å². The minimum Gasteiger partial charge on any atom is -0.389 e. The van der Waals surface area contributed by atoms with Crippen molar-refractivity contribution in [1.82, 2.24) is 4.90 Å². The fraction of sp³-hybridized carbons (Fsp3) is 0.833. The zero-order chi connectivity index (χ0) is 14.1. The van der Waals surface area contributed by atoms with Gasteiger partial charge in [0.15, 0.2) is 0 Å². The van der Waals surface area contributed by atoms with E-state index in [1.54, 1.807) is 0 Å². The van der Waals surface area contributed by atoms with E-state index in [0.29, 0.717) is 25.9 Å². The summed E-state index contributed by atoms with van der Waals surface area (Å²) < 4.78 is 36.2. The van der Waals surface area contributed by atoms with Gasteiger partial charge in [-0.05, 0) is 6.92 Å². The Morgan fingerprint density at radius 1 is 1.42 bits per heavy atom. The summed E-state index contributed by atoms with van der Waals surface area (Å²) >= 11 is 0. The van der Waals surface area contributed by atoms with E-state index in [0.717, 1.165) is 12.1 Å². The van der Waals surface area contributed by atoms with Gasteiger partial charge in [-0.2, -0.15) is 13.2 Å². The maximum atomic E-state index is 12.1. The third kappa shape index (κ3) is 3.61. The molecule has 19 heavy (non-hydrogen) atoms. The fourth-order valence-corrected chi connectivity index (χ4v) is 2.54. The molecule has 1 spiro atoms. The van der Waals surface area contributed by atoms with Gasteiger partial charge in [0.2, 0.25) is 5.91 Å². The van der Waals surface area contributed by atoms with Crippen molar-refractivity contribution < 1.29 is 22.8 Å². The van der Waals surface area contributed by atoms with Crippen molar-refractivity contribution in [3.8, 4) is 0 Å². The molecule has 2 rings (SSSR count). The van der Waals surface area contributed by atoms with E-state index in [2.05, 4.69) is 5.16 Å². The molecule has 0 aliphatic carbocycles. The first kappa shape index (κ1) is 14.1. The minimum absolute atomic E-state index is 0.328. The Morgan fingerprint density at radius 3 is 2.53 bits per heavy atom. The monoisotopic (exact) mass is 278 g/mol. The van der Waals surface area contributed by atoms with Gasteiger partial charge in [-0.3, -0.25) is 4.79 Å². The molecule has 0 saturated carbocycles. The van der Waals surface area contributed by atoms with Crippen LogP contribution < -0.4 is 0 Å². The number of oxime groups is 1. The summed E-state index contributed by atoms with van der Waals surface area (Å²) in [6, 6.07) is 0. The summed E-state index contributed by atoms with van der Waals surface area (Å²) in [5.41, 5.74) is 0.599. The molecule has 2 heterocycles. The second-order valence-electron chi connectivity index (χ2n) is 5.27. The molecule has 0 aromatic heterocycles. The predicted molar refractivity (Wildman–Crippen MR) is 62.6 cm³/mol. The molecule has 1 fully saturated rings. The second-order valence-corrected chi connectivity index (χ2v) is 5.27. The molecule has 0 unspecified atom stereocenters. The standard InChI is InChI=1S/C12H17F3N2O2/c1-9-8-11(19-16-9)4-6-17(7-5-11)10(18)2-3-12(13,14)15/h2-8H2,1H3. The summed E-state index contributed by atoms with van der Waals surface area (Å²) in [6.07, 6.45) is -3.78. The van der Waals surface area contributed by atoms with E-state index in [9.17, 15) is 18.0 Å². The highest BCUT2D eigenvalue weighted by Gasteiger charge is 2.42. The van der Waals surface area contributed by atoms with Crippen LogP contribution in [0.1, 0.15) is 39.0 Å². The molecule has 0 bridgehead atoms. The lowest BCUT2D eigenvalue weighted by Gasteiger charge is -2.37. The highest BCUT2D eigenvalue weighted by molar-refractivity contribution is 5.83.